The second kappa shape index (κ2) is 16.7. The monoisotopic (exact) mass is 602 g/mol. The van der Waals surface area contributed by atoms with Crippen LogP contribution in [0.1, 0.15) is 30.4 Å². The SMILES string of the molecule is COc1cc(/C=C/C(=O)CC(=O)/C=C/c2ccc(OCCC[P+](C)(C)C)c(OC)c2)ccc1OCCC[P+](C)(C)C. The number of carbonyl (C=O) groups excluding carboxylic acids is 2. The van der Waals surface area contributed by atoms with Gasteiger partial charge in [0.2, 0.25) is 0 Å². The van der Waals surface area contributed by atoms with Crippen molar-refractivity contribution in [3.05, 3.63) is 59.7 Å². The Labute approximate surface area is 248 Å². The molecule has 224 valence electrons. The van der Waals surface area contributed by atoms with Crippen molar-refractivity contribution < 1.29 is 28.5 Å². The fourth-order valence-electron chi connectivity index (χ4n) is 3.92. The number of ketones is 2. The van der Waals surface area contributed by atoms with Gasteiger partial charge in [-0.3, -0.25) is 9.59 Å². The van der Waals surface area contributed by atoms with Crippen LogP contribution >= 0.6 is 14.5 Å². The Hall–Kier alpha value is -2.68. The minimum atomic E-state index is -0.816. The highest BCUT2D eigenvalue weighted by Gasteiger charge is 2.17. The molecule has 0 saturated heterocycles. The van der Waals surface area contributed by atoms with Gasteiger partial charge in [-0.2, -0.15) is 0 Å². The number of ether oxygens (including phenoxy) is 4. The summed E-state index contributed by atoms with van der Waals surface area (Å²) in [5, 5.41) is 0. The minimum Gasteiger partial charge on any atom is -0.493 e. The Morgan fingerprint density at radius 1 is 0.634 bits per heavy atom. The van der Waals surface area contributed by atoms with Gasteiger partial charge < -0.3 is 18.9 Å². The zero-order valence-electron chi connectivity index (χ0n) is 26.1. The Balaban J connectivity index is 1.89. The number of carbonyl (C=O) groups is 2. The third-order valence-electron chi connectivity index (χ3n) is 6.11. The van der Waals surface area contributed by atoms with Crippen molar-refractivity contribution in [3.63, 3.8) is 0 Å². The molecular weight excluding hydrogens is 554 g/mol. The molecule has 0 aliphatic heterocycles. The van der Waals surface area contributed by atoms with Gasteiger partial charge in [0.05, 0.1) is 46.2 Å². The first-order chi connectivity index (χ1) is 19.3. The number of allylic oxidation sites excluding steroid dienone is 2. The van der Waals surface area contributed by atoms with Crippen molar-refractivity contribution in [1.82, 2.24) is 0 Å². The third kappa shape index (κ3) is 14.2. The highest BCUT2D eigenvalue weighted by atomic mass is 31.2. The summed E-state index contributed by atoms with van der Waals surface area (Å²) in [6.45, 7) is 15.2. The van der Waals surface area contributed by atoms with Crippen molar-refractivity contribution in [2.45, 2.75) is 19.3 Å². The topological polar surface area (TPSA) is 71.1 Å². The van der Waals surface area contributed by atoms with E-state index in [2.05, 4.69) is 40.0 Å². The van der Waals surface area contributed by atoms with Crippen LogP contribution in [0.2, 0.25) is 0 Å². The summed E-state index contributed by atoms with van der Waals surface area (Å²) in [5.41, 5.74) is 1.58. The Bertz CT molecular complexity index is 1110. The molecule has 0 bridgehead atoms. The molecule has 0 N–H and O–H groups in total. The number of hydrogen-bond donors (Lipinski definition) is 0. The molecule has 0 saturated carbocycles. The lowest BCUT2D eigenvalue weighted by Gasteiger charge is -2.14. The normalized spacial score (nSPS) is 12.1. The zero-order valence-corrected chi connectivity index (χ0v) is 27.9. The maximum Gasteiger partial charge on any atom is 0.163 e. The maximum atomic E-state index is 12.4. The van der Waals surface area contributed by atoms with Gasteiger partial charge >= 0.3 is 0 Å². The van der Waals surface area contributed by atoms with E-state index in [1.54, 1.807) is 26.4 Å². The average molecular weight is 603 g/mol. The van der Waals surface area contributed by atoms with Gasteiger partial charge in [-0.1, -0.05) is 24.3 Å². The van der Waals surface area contributed by atoms with Gasteiger partial charge in [0, 0.05) is 67.4 Å². The summed E-state index contributed by atoms with van der Waals surface area (Å²) >= 11 is 0. The van der Waals surface area contributed by atoms with E-state index in [1.165, 1.54) is 24.5 Å². The molecule has 0 aliphatic rings. The van der Waals surface area contributed by atoms with Crippen LogP contribution in [0.4, 0.5) is 0 Å². The Morgan fingerprint density at radius 3 is 1.37 bits per heavy atom. The van der Waals surface area contributed by atoms with Gasteiger partial charge in [0.15, 0.2) is 34.6 Å². The fraction of sp³-hybridized carbons (Fsp3) is 0.455. The lowest BCUT2D eigenvalue weighted by Crippen LogP contribution is -2.04. The number of rotatable bonds is 18. The summed E-state index contributed by atoms with van der Waals surface area (Å²) in [6, 6.07) is 11.1. The molecule has 2 aromatic carbocycles. The Morgan fingerprint density at radius 2 is 1.02 bits per heavy atom. The van der Waals surface area contributed by atoms with Gasteiger partial charge in [0.25, 0.3) is 0 Å². The molecule has 8 heteroatoms. The van der Waals surface area contributed by atoms with E-state index in [0.717, 1.165) is 24.0 Å². The maximum absolute atomic E-state index is 12.4. The van der Waals surface area contributed by atoms with Gasteiger partial charge in [-0.05, 0) is 47.5 Å². The average Bonchev–Trinajstić information content (AvgIpc) is 2.90. The van der Waals surface area contributed by atoms with Crippen LogP contribution in [0.25, 0.3) is 12.2 Å². The standard InChI is InChI=1S/C33H48O6P2/c1-36-32-23-26(13-17-30(32)38-19-9-21-40(3,4)5)11-15-28(34)25-29(35)16-12-27-14-18-31(33(24-27)37-2)39-20-10-22-41(6,7)8/h11-18,23-24H,9-10,19-22,25H2,1-8H3/q+2/b15-11+,16-12+. The molecular formula is C33H48O6P2+2. The smallest absolute Gasteiger partial charge is 0.163 e. The molecule has 0 aromatic heterocycles. The van der Waals surface area contributed by atoms with Crippen LogP contribution in [0, 0.1) is 0 Å². The third-order valence-corrected chi connectivity index (χ3v) is 9.42. The zero-order chi connectivity index (χ0) is 30.5. The lowest BCUT2D eigenvalue weighted by molar-refractivity contribution is -0.121. The van der Waals surface area contributed by atoms with E-state index >= 15 is 0 Å². The molecule has 0 atom stereocenters. The number of methoxy groups -OCH3 is 2. The fourth-order valence-corrected chi connectivity index (χ4v) is 6.08. The first kappa shape index (κ1) is 34.5. The molecule has 0 fully saturated rings. The highest BCUT2D eigenvalue weighted by molar-refractivity contribution is 7.74. The molecule has 0 heterocycles. The van der Waals surface area contributed by atoms with Crippen molar-refractivity contribution >= 4 is 38.2 Å². The largest absolute Gasteiger partial charge is 0.493 e. The van der Waals surface area contributed by atoms with Crippen LogP contribution < -0.4 is 18.9 Å². The van der Waals surface area contributed by atoms with E-state index in [9.17, 15) is 9.59 Å². The number of benzene rings is 2. The highest BCUT2D eigenvalue weighted by Crippen LogP contribution is 2.47. The second-order valence-electron chi connectivity index (χ2n) is 12.0. The first-order valence-electron chi connectivity index (χ1n) is 13.9. The van der Waals surface area contributed by atoms with E-state index in [1.807, 2.05) is 36.4 Å². The van der Waals surface area contributed by atoms with Gasteiger partial charge in [-0.25, -0.2) is 0 Å². The summed E-state index contributed by atoms with van der Waals surface area (Å²) in [4.78, 5) is 24.8. The van der Waals surface area contributed by atoms with E-state index < -0.39 is 14.5 Å². The molecule has 0 radical (unpaired) electrons. The molecule has 2 aromatic rings. The molecule has 6 nitrogen and oxygen atoms in total. The summed E-state index contributed by atoms with van der Waals surface area (Å²) in [6.07, 6.45) is 10.4. The molecule has 0 unspecified atom stereocenters. The van der Waals surface area contributed by atoms with Crippen LogP contribution in [-0.2, 0) is 9.59 Å². The van der Waals surface area contributed by atoms with E-state index in [4.69, 9.17) is 18.9 Å². The van der Waals surface area contributed by atoms with E-state index in [-0.39, 0.29) is 18.0 Å². The van der Waals surface area contributed by atoms with Crippen molar-refractivity contribution in [2.24, 2.45) is 0 Å². The van der Waals surface area contributed by atoms with Crippen molar-refractivity contribution in [3.8, 4) is 23.0 Å². The number of hydrogen-bond acceptors (Lipinski definition) is 6. The summed E-state index contributed by atoms with van der Waals surface area (Å²) in [7, 11) is 1.56. The van der Waals surface area contributed by atoms with Crippen molar-refractivity contribution in [2.75, 3.05) is 79.7 Å². The van der Waals surface area contributed by atoms with Crippen LogP contribution in [0.3, 0.4) is 0 Å². The predicted molar refractivity (Wildman–Crippen MR) is 178 cm³/mol. The Kier molecular flexibility index (Phi) is 14.0. The van der Waals surface area contributed by atoms with Gasteiger partial charge in [-0.15, -0.1) is 0 Å². The first-order valence-corrected chi connectivity index (χ1v) is 20.6. The van der Waals surface area contributed by atoms with E-state index in [0.29, 0.717) is 36.2 Å². The minimum absolute atomic E-state index is 0.212. The lowest BCUT2D eigenvalue weighted by atomic mass is 10.1. The van der Waals surface area contributed by atoms with Crippen LogP contribution in [0.5, 0.6) is 23.0 Å². The van der Waals surface area contributed by atoms with Crippen LogP contribution in [-0.4, -0.2) is 91.3 Å². The quantitative estimate of drug-likeness (QED) is 0.0771. The molecule has 0 amide bonds. The molecule has 2 rings (SSSR count). The predicted octanol–water partition coefficient (Wildman–Crippen LogP) is 7.31. The molecule has 0 spiro atoms. The van der Waals surface area contributed by atoms with Crippen LogP contribution in [0.15, 0.2) is 48.6 Å². The second-order valence-corrected chi connectivity index (χ2v) is 22.1. The summed E-state index contributed by atoms with van der Waals surface area (Å²) < 4.78 is 22.8. The van der Waals surface area contributed by atoms with Crippen molar-refractivity contribution in [1.29, 1.82) is 0 Å². The summed E-state index contributed by atoms with van der Waals surface area (Å²) in [5.74, 6) is 2.04. The molecule has 0 aliphatic carbocycles. The molecule has 41 heavy (non-hydrogen) atoms. The van der Waals surface area contributed by atoms with Gasteiger partial charge in [0.1, 0.15) is 0 Å².